The fourth-order valence-electron chi connectivity index (χ4n) is 3.95. The molecule has 0 spiro atoms. The first kappa shape index (κ1) is 29.2. The second-order valence-electron chi connectivity index (χ2n) is 8.87. The number of carbonyl (C=O) groups is 3. The Balaban J connectivity index is 1.60. The minimum absolute atomic E-state index is 0.0809. The molecule has 0 saturated heterocycles. The van der Waals surface area contributed by atoms with Gasteiger partial charge in [-0.2, -0.15) is 0 Å². The molecular formula is C32H34O7. The fraction of sp³-hybridized carbons (Fsp3) is 0.281. The molecular weight excluding hydrogens is 496 g/mol. The molecule has 0 unspecified atom stereocenters. The number of methoxy groups -OCH3 is 1. The minimum Gasteiger partial charge on any atom is -0.497 e. The Morgan fingerprint density at radius 2 is 1.64 bits per heavy atom. The second kappa shape index (κ2) is 15.1. The minimum atomic E-state index is -0.927. The maximum atomic E-state index is 13.2. The van der Waals surface area contributed by atoms with Gasteiger partial charge in [0.1, 0.15) is 11.5 Å². The first-order valence-electron chi connectivity index (χ1n) is 13.0. The molecule has 0 aliphatic rings. The number of ether oxygens (including phenoxy) is 3. The Bertz CT molecular complexity index is 1290. The normalized spacial score (nSPS) is 10.8. The molecule has 204 valence electrons. The van der Waals surface area contributed by atoms with Crippen molar-refractivity contribution >= 4 is 23.8 Å². The van der Waals surface area contributed by atoms with E-state index in [1.54, 1.807) is 50.4 Å². The number of esters is 1. The van der Waals surface area contributed by atoms with Crippen LogP contribution in [0, 0.1) is 0 Å². The molecule has 0 saturated carbocycles. The van der Waals surface area contributed by atoms with Gasteiger partial charge in [0, 0.05) is 17.5 Å². The molecule has 7 nitrogen and oxygen atoms in total. The van der Waals surface area contributed by atoms with Crippen LogP contribution in [-0.2, 0) is 16.0 Å². The number of hydrogen-bond donors (Lipinski definition) is 1. The van der Waals surface area contributed by atoms with E-state index in [0.717, 1.165) is 30.6 Å². The van der Waals surface area contributed by atoms with Gasteiger partial charge in [-0.1, -0.05) is 36.4 Å². The first-order chi connectivity index (χ1) is 18.9. The highest BCUT2D eigenvalue weighted by Gasteiger charge is 2.16. The van der Waals surface area contributed by atoms with Crippen molar-refractivity contribution in [3.05, 3.63) is 101 Å². The second-order valence-corrected chi connectivity index (χ2v) is 8.87. The molecule has 0 heterocycles. The lowest BCUT2D eigenvalue weighted by Crippen LogP contribution is -2.09. The summed E-state index contributed by atoms with van der Waals surface area (Å²) in [4.78, 5) is 36.4. The summed E-state index contributed by atoms with van der Waals surface area (Å²) in [6.45, 7) is 2.44. The zero-order chi connectivity index (χ0) is 28.0. The highest BCUT2D eigenvalue weighted by atomic mass is 16.5. The molecule has 3 rings (SSSR count). The highest BCUT2D eigenvalue weighted by molar-refractivity contribution is 6.10. The van der Waals surface area contributed by atoms with Crippen molar-refractivity contribution in [1.82, 2.24) is 0 Å². The molecule has 0 atom stereocenters. The summed E-state index contributed by atoms with van der Waals surface area (Å²) in [5.41, 5.74) is 2.81. The Morgan fingerprint density at radius 3 is 2.36 bits per heavy atom. The lowest BCUT2D eigenvalue weighted by molar-refractivity contribution is -0.136. The van der Waals surface area contributed by atoms with Gasteiger partial charge in [-0.05, 0) is 86.2 Å². The number of aliphatic carboxylic acids is 1. The monoisotopic (exact) mass is 530 g/mol. The maximum absolute atomic E-state index is 13.2. The topological polar surface area (TPSA) is 99.1 Å². The third-order valence-corrected chi connectivity index (χ3v) is 6.02. The van der Waals surface area contributed by atoms with Crippen molar-refractivity contribution in [2.45, 2.75) is 39.0 Å². The van der Waals surface area contributed by atoms with Gasteiger partial charge in [0.2, 0.25) is 0 Å². The van der Waals surface area contributed by atoms with Crippen molar-refractivity contribution < 1.29 is 33.7 Å². The number of carboxylic acids is 1. The van der Waals surface area contributed by atoms with Crippen molar-refractivity contribution in [1.29, 1.82) is 0 Å². The van der Waals surface area contributed by atoms with E-state index in [1.807, 2.05) is 24.3 Å². The van der Waals surface area contributed by atoms with Crippen LogP contribution in [0.5, 0.6) is 11.5 Å². The Labute approximate surface area is 229 Å². The molecule has 0 radical (unpaired) electrons. The number of allylic oxidation sites excluding steroid dienone is 1. The quantitative estimate of drug-likeness (QED) is 0.138. The van der Waals surface area contributed by atoms with Crippen LogP contribution >= 0.6 is 0 Å². The smallest absolute Gasteiger partial charge is 0.338 e. The summed E-state index contributed by atoms with van der Waals surface area (Å²) in [5, 5.41) is 9.19. The van der Waals surface area contributed by atoms with E-state index in [1.165, 1.54) is 6.07 Å². The molecule has 39 heavy (non-hydrogen) atoms. The average molecular weight is 531 g/mol. The maximum Gasteiger partial charge on any atom is 0.338 e. The fourth-order valence-corrected chi connectivity index (χ4v) is 3.95. The van der Waals surface area contributed by atoms with Gasteiger partial charge in [0.05, 0.1) is 25.9 Å². The van der Waals surface area contributed by atoms with Gasteiger partial charge in [-0.15, -0.1) is 0 Å². The van der Waals surface area contributed by atoms with Crippen LogP contribution in [0.4, 0.5) is 0 Å². The van der Waals surface area contributed by atoms with Gasteiger partial charge < -0.3 is 19.3 Å². The van der Waals surface area contributed by atoms with E-state index in [2.05, 4.69) is 12.2 Å². The van der Waals surface area contributed by atoms with E-state index < -0.39 is 11.9 Å². The van der Waals surface area contributed by atoms with Crippen LogP contribution in [-0.4, -0.2) is 43.2 Å². The molecule has 0 amide bonds. The molecule has 3 aromatic carbocycles. The van der Waals surface area contributed by atoms with Crippen molar-refractivity contribution in [2.24, 2.45) is 0 Å². The summed E-state index contributed by atoms with van der Waals surface area (Å²) in [6, 6.07) is 19.3. The number of ketones is 1. The summed E-state index contributed by atoms with van der Waals surface area (Å²) >= 11 is 0. The summed E-state index contributed by atoms with van der Waals surface area (Å²) < 4.78 is 16.2. The predicted molar refractivity (Wildman–Crippen MR) is 150 cm³/mol. The summed E-state index contributed by atoms with van der Waals surface area (Å²) in [7, 11) is 1.64. The molecule has 0 aliphatic carbocycles. The standard InChI is InChI=1S/C32H34O7/c1-3-38-32(36)27-11-8-10-25(22-27)31(35)26-14-18-29(24(21-26)15-19-30(33)34)39-20-7-5-4-6-9-23-12-16-28(37-2)17-13-23/h6,8-14,16-18,21-22H,3-5,7,15,19-20H2,1-2H3,(H,33,34)/b9-6+. The number of carbonyl (C=O) groups excluding carboxylic acids is 2. The molecule has 0 bridgehead atoms. The van der Waals surface area contributed by atoms with Crippen molar-refractivity contribution in [3.63, 3.8) is 0 Å². The van der Waals surface area contributed by atoms with Crippen LogP contribution in [0.3, 0.4) is 0 Å². The van der Waals surface area contributed by atoms with Crippen LogP contribution in [0.2, 0.25) is 0 Å². The number of aryl methyl sites for hydroxylation is 1. The van der Waals surface area contributed by atoms with Crippen molar-refractivity contribution in [3.8, 4) is 11.5 Å². The lowest BCUT2D eigenvalue weighted by atomic mass is 9.98. The van der Waals surface area contributed by atoms with E-state index >= 15 is 0 Å². The predicted octanol–water partition coefficient (Wildman–Crippen LogP) is 6.38. The number of hydrogen-bond acceptors (Lipinski definition) is 6. The number of benzene rings is 3. The number of unbranched alkanes of at least 4 members (excludes halogenated alkanes) is 2. The van der Waals surface area contributed by atoms with Gasteiger partial charge in [-0.25, -0.2) is 4.79 Å². The van der Waals surface area contributed by atoms with Gasteiger partial charge in [-0.3, -0.25) is 9.59 Å². The molecule has 0 aliphatic heterocycles. The Kier molecular flexibility index (Phi) is 11.3. The Morgan fingerprint density at radius 1 is 0.897 bits per heavy atom. The summed E-state index contributed by atoms with van der Waals surface area (Å²) in [5.74, 6) is -0.292. The van der Waals surface area contributed by atoms with Gasteiger partial charge in [0.15, 0.2) is 5.78 Å². The van der Waals surface area contributed by atoms with E-state index in [4.69, 9.17) is 14.2 Å². The number of carboxylic acid groups (broad SMARTS) is 1. The molecule has 0 aromatic heterocycles. The van der Waals surface area contributed by atoms with Crippen LogP contribution in [0.1, 0.15) is 70.0 Å². The van der Waals surface area contributed by atoms with E-state index in [0.29, 0.717) is 34.6 Å². The molecule has 1 N–H and O–H groups in total. The van der Waals surface area contributed by atoms with E-state index in [-0.39, 0.29) is 25.2 Å². The Hall–Kier alpha value is -4.39. The van der Waals surface area contributed by atoms with Gasteiger partial charge in [0.25, 0.3) is 0 Å². The SMILES string of the molecule is CCOC(=O)c1cccc(C(=O)c2ccc(OCCCC/C=C/c3ccc(OC)cc3)c(CCC(=O)O)c2)c1. The molecule has 7 heteroatoms. The molecule has 3 aromatic rings. The summed E-state index contributed by atoms with van der Waals surface area (Å²) in [6.07, 6.45) is 7.01. The van der Waals surface area contributed by atoms with Crippen LogP contribution in [0.25, 0.3) is 6.08 Å². The van der Waals surface area contributed by atoms with Crippen LogP contribution < -0.4 is 9.47 Å². The van der Waals surface area contributed by atoms with Crippen LogP contribution in [0.15, 0.2) is 72.8 Å². The third kappa shape index (κ3) is 9.14. The zero-order valence-corrected chi connectivity index (χ0v) is 22.4. The highest BCUT2D eigenvalue weighted by Crippen LogP contribution is 2.24. The largest absolute Gasteiger partial charge is 0.497 e. The number of rotatable bonds is 15. The zero-order valence-electron chi connectivity index (χ0n) is 22.4. The first-order valence-corrected chi connectivity index (χ1v) is 13.0. The lowest BCUT2D eigenvalue weighted by Gasteiger charge is -2.13. The third-order valence-electron chi connectivity index (χ3n) is 6.02. The molecule has 0 fully saturated rings. The van der Waals surface area contributed by atoms with Crippen molar-refractivity contribution in [2.75, 3.05) is 20.3 Å². The van der Waals surface area contributed by atoms with E-state index in [9.17, 15) is 19.5 Å². The average Bonchev–Trinajstić information content (AvgIpc) is 2.96. The van der Waals surface area contributed by atoms with Gasteiger partial charge >= 0.3 is 11.9 Å².